The minimum Gasteiger partial charge on any atom is -0.451 e. The zero-order valence-electron chi connectivity index (χ0n) is 12.7. The summed E-state index contributed by atoms with van der Waals surface area (Å²) < 4.78 is 7.10. The zero-order chi connectivity index (χ0) is 16.0. The first-order chi connectivity index (χ1) is 11.1. The van der Waals surface area contributed by atoms with E-state index in [-0.39, 0.29) is 11.5 Å². The van der Waals surface area contributed by atoms with Gasteiger partial charge in [0.1, 0.15) is 5.58 Å². The van der Waals surface area contributed by atoms with Gasteiger partial charge in [-0.2, -0.15) is 0 Å². The molecule has 0 N–H and O–H groups in total. The Bertz CT molecular complexity index is 938. The Morgan fingerprint density at radius 3 is 2.96 bits per heavy atom. The molecule has 1 aliphatic heterocycles. The van der Waals surface area contributed by atoms with Crippen molar-refractivity contribution in [2.75, 3.05) is 6.54 Å². The van der Waals surface area contributed by atoms with Crippen LogP contribution in [0.5, 0.6) is 0 Å². The maximum Gasteiger partial charge on any atom is 0.289 e. The van der Waals surface area contributed by atoms with Crippen molar-refractivity contribution in [3.8, 4) is 0 Å². The molecule has 0 saturated heterocycles. The summed E-state index contributed by atoms with van der Waals surface area (Å²) in [6.07, 6.45) is 2.01. The molecule has 0 spiro atoms. The third-order valence-corrected chi connectivity index (χ3v) is 4.21. The minimum absolute atomic E-state index is 0.0363. The predicted molar refractivity (Wildman–Crippen MR) is 84.1 cm³/mol. The highest BCUT2D eigenvalue weighted by molar-refractivity contribution is 5.96. The molecule has 1 amide bonds. The normalized spacial score (nSPS) is 14.0. The second-order valence-corrected chi connectivity index (χ2v) is 5.71. The van der Waals surface area contributed by atoms with Crippen LogP contribution in [0.15, 0.2) is 45.9 Å². The van der Waals surface area contributed by atoms with E-state index in [1.807, 2.05) is 24.3 Å². The van der Waals surface area contributed by atoms with Gasteiger partial charge in [0.2, 0.25) is 0 Å². The Kier molecular flexibility index (Phi) is 3.04. The lowest BCUT2D eigenvalue weighted by Crippen LogP contribution is -2.39. The van der Waals surface area contributed by atoms with E-state index in [0.29, 0.717) is 42.1 Å². The zero-order valence-corrected chi connectivity index (χ0v) is 12.7. The summed E-state index contributed by atoms with van der Waals surface area (Å²) in [6, 6.07) is 9.28. The fraction of sp³-hybridized carbons (Fsp3) is 0.235. The molecule has 0 unspecified atom stereocenters. The Labute approximate surface area is 132 Å². The molecule has 0 atom stereocenters. The van der Waals surface area contributed by atoms with Gasteiger partial charge < -0.3 is 13.9 Å². The number of carbonyl (C=O) groups is 1. The van der Waals surface area contributed by atoms with Crippen molar-refractivity contribution < 1.29 is 9.21 Å². The Morgan fingerprint density at radius 1 is 1.30 bits per heavy atom. The molecular weight excluding hydrogens is 294 g/mol. The standard InChI is InChI=1S/C17H15N3O3/c1-19-10-18-13-9-20(7-6-12(13)16(19)21)17(22)15-8-11-4-2-3-5-14(11)23-15/h2-5,8,10H,6-7,9H2,1H3. The summed E-state index contributed by atoms with van der Waals surface area (Å²) in [5, 5.41) is 0.903. The summed E-state index contributed by atoms with van der Waals surface area (Å²) in [5.41, 5.74) is 2.03. The van der Waals surface area contributed by atoms with E-state index in [0.717, 1.165) is 5.39 Å². The average molecular weight is 309 g/mol. The van der Waals surface area contributed by atoms with Gasteiger partial charge in [-0.3, -0.25) is 9.59 Å². The van der Waals surface area contributed by atoms with Crippen LogP contribution in [-0.2, 0) is 20.0 Å². The number of carbonyl (C=O) groups excluding carboxylic acids is 1. The van der Waals surface area contributed by atoms with E-state index < -0.39 is 0 Å². The van der Waals surface area contributed by atoms with Gasteiger partial charge in [0.25, 0.3) is 11.5 Å². The van der Waals surface area contributed by atoms with Crippen molar-refractivity contribution in [3.63, 3.8) is 0 Å². The summed E-state index contributed by atoms with van der Waals surface area (Å²) in [7, 11) is 1.68. The molecule has 1 aromatic carbocycles. The topological polar surface area (TPSA) is 68.3 Å². The summed E-state index contributed by atoms with van der Waals surface area (Å²) >= 11 is 0. The maximum absolute atomic E-state index is 12.7. The number of para-hydroxylation sites is 1. The average Bonchev–Trinajstić information content (AvgIpc) is 3.01. The Morgan fingerprint density at radius 2 is 2.13 bits per heavy atom. The van der Waals surface area contributed by atoms with Gasteiger partial charge in [0, 0.05) is 24.5 Å². The molecule has 3 heterocycles. The number of benzene rings is 1. The van der Waals surface area contributed by atoms with Crippen LogP contribution in [0.3, 0.4) is 0 Å². The maximum atomic E-state index is 12.7. The van der Waals surface area contributed by atoms with Crippen molar-refractivity contribution >= 4 is 16.9 Å². The Balaban J connectivity index is 1.65. The smallest absolute Gasteiger partial charge is 0.289 e. The molecule has 0 bridgehead atoms. The second-order valence-electron chi connectivity index (χ2n) is 5.71. The van der Waals surface area contributed by atoms with Crippen LogP contribution in [-0.4, -0.2) is 26.9 Å². The lowest BCUT2D eigenvalue weighted by Gasteiger charge is -2.27. The van der Waals surface area contributed by atoms with E-state index in [1.165, 1.54) is 10.9 Å². The summed E-state index contributed by atoms with van der Waals surface area (Å²) in [4.78, 5) is 30.7. The second kappa shape index (κ2) is 5.08. The number of nitrogens with zero attached hydrogens (tertiary/aromatic N) is 3. The van der Waals surface area contributed by atoms with E-state index in [2.05, 4.69) is 4.98 Å². The first-order valence-electron chi connectivity index (χ1n) is 7.45. The first-order valence-corrected chi connectivity index (χ1v) is 7.45. The fourth-order valence-corrected chi connectivity index (χ4v) is 2.93. The highest BCUT2D eigenvalue weighted by atomic mass is 16.3. The van der Waals surface area contributed by atoms with Crippen LogP contribution in [0.25, 0.3) is 11.0 Å². The molecule has 116 valence electrons. The largest absolute Gasteiger partial charge is 0.451 e. The molecule has 0 fully saturated rings. The number of fused-ring (bicyclic) bond motifs is 2. The van der Waals surface area contributed by atoms with Crippen molar-refractivity contribution in [3.05, 3.63) is 64.0 Å². The van der Waals surface area contributed by atoms with E-state index in [1.54, 1.807) is 18.0 Å². The molecule has 4 rings (SSSR count). The molecule has 23 heavy (non-hydrogen) atoms. The number of hydrogen-bond donors (Lipinski definition) is 0. The summed E-state index contributed by atoms with van der Waals surface area (Å²) in [5.74, 6) is 0.146. The molecule has 6 nitrogen and oxygen atoms in total. The van der Waals surface area contributed by atoms with Crippen molar-refractivity contribution in [1.82, 2.24) is 14.5 Å². The highest BCUT2D eigenvalue weighted by Crippen LogP contribution is 2.22. The van der Waals surface area contributed by atoms with Crippen LogP contribution in [0, 0.1) is 0 Å². The molecule has 3 aromatic rings. The predicted octanol–water partition coefficient (Wildman–Crippen LogP) is 1.72. The number of rotatable bonds is 1. The van der Waals surface area contributed by atoms with Gasteiger partial charge in [0.05, 0.1) is 18.6 Å². The van der Waals surface area contributed by atoms with Gasteiger partial charge in [-0.1, -0.05) is 18.2 Å². The van der Waals surface area contributed by atoms with E-state index in [4.69, 9.17) is 4.42 Å². The van der Waals surface area contributed by atoms with Gasteiger partial charge >= 0.3 is 0 Å². The monoisotopic (exact) mass is 309 g/mol. The van der Waals surface area contributed by atoms with Crippen LogP contribution in [0.2, 0.25) is 0 Å². The number of aryl methyl sites for hydroxylation is 1. The van der Waals surface area contributed by atoms with Crippen LogP contribution in [0.1, 0.15) is 21.8 Å². The molecule has 0 radical (unpaired) electrons. The van der Waals surface area contributed by atoms with Gasteiger partial charge in [-0.05, 0) is 18.6 Å². The third-order valence-electron chi connectivity index (χ3n) is 4.21. The van der Waals surface area contributed by atoms with Crippen molar-refractivity contribution in [2.45, 2.75) is 13.0 Å². The first kappa shape index (κ1) is 13.8. The van der Waals surface area contributed by atoms with E-state index >= 15 is 0 Å². The van der Waals surface area contributed by atoms with Crippen molar-refractivity contribution in [2.24, 2.45) is 7.05 Å². The number of aromatic nitrogens is 2. The van der Waals surface area contributed by atoms with Crippen LogP contribution < -0.4 is 5.56 Å². The molecule has 0 saturated carbocycles. The SMILES string of the molecule is Cn1cnc2c(c1=O)CCN(C(=O)c1cc3ccccc3o1)C2. The lowest BCUT2D eigenvalue weighted by molar-refractivity contribution is 0.0701. The summed E-state index contributed by atoms with van der Waals surface area (Å²) in [6.45, 7) is 0.825. The van der Waals surface area contributed by atoms with Crippen LogP contribution in [0.4, 0.5) is 0 Å². The quantitative estimate of drug-likeness (QED) is 0.686. The van der Waals surface area contributed by atoms with Gasteiger partial charge in [0.15, 0.2) is 5.76 Å². The molecule has 1 aliphatic rings. The molecular formula is C17H15N3O3. The lowest BCUT2D eigenvalue weighted by atomic mass is 10.1. The van der Waals surface area contributed by atoms with Crippen LogP contribution >= 0.6 is 0 Å². The molecule has 2 aromatic heterocycles. The number of furan rings is 1. The Hall–Kier alpha value is -2.89. The molecule has 6 heteroatoms. The number of amides is 1. The third kappa shape index (κ3) is 2.23. The van der Waals surface area contributed by atoms with Gasteiger partial charge in [-0.15, -0.1) is 0 Å². The van der Waals surface area contributed by atoms with E-state index in [9.17, 15) is 9.59 Å². The number of hydrogen-bond acceptors (Lipinski definition) is 4. The fourth-order valence-electron chi connectivity index (χ4n) is 2.93. The molecule has 0 aliphatic carbocycles. The van der Waals surface area contributed by atoms with Crippen molar-refractivity contribution in [1.29, 1.82) is 0 Å². The van der Waals surface area contributed by atoms with Gasteiger partial charge in [-0.25, -0.2) is 4.98 Å². The minimum atomic E-state index is -0.172. The highest BCUT2D eigenvalue weighted by Gasteiger charge is 2.26.